The molecule has 0 radical (unpaired) electrons. The van der Waals surface area contributed by atoms with Crippen molar-refractivity contribution in [3.63, 3.8) is 0 Å². The summed E-state index contributed by atoms with van der Waals surface area (Å²) in [7, 11) is 0. The molecule has 0 aliphatic carbocycles. The summed E-state index contributed by atoms with van der Waals surface area (Å²) in [6.45, 7) is 8.78. The van der Waals surface area contributed by atoms with Crippen LogP contribution in [0.25, 0.3) is 6.08 Å². The normalized spacial score (nSPS) is 15.4. The zero-order valence-corrected chi connectivity index (χ0v) is 16.5. The van der Waals surface area contributed by atoms with E-state index in [2.05, 4.69) is 73.4 Å². The summed E-state index contributed by atoms with van der Waals surface area (Å²) in [6, 6.07) is 16.9. The van der Waals surface area contributed by atoms with E-state index in [0.717, 1.165) is 39.1 Å². The van der Waals surface area contributed by atoms with E-state index < -0.39 is 0 Å². The van der Waals surface area contributed by atoms with Gasteiger partial charge in [-0.2, -0.15) is 0 Å². The predicted octanol–water partition coefficient (Wildman–Crippen LogP) is 4.09. The smallest absolute Gasteiger partial charge is 0.222 e. The van der Waals surface area contributed by atoms with E-state index in [1.807, 2.05) is 11.0 Å². The van der Waals surface area contributed by atoms with Crippen molar-refractivity contribution >= 4 is 12.0 Å². The highest BCUT2D eigenvalue weighted by Crippen LogP contribution is 2.13. The Bertz CT molecular complexity index is 774. The first-order valence-electron chi connectivity index (χ1n) is 9.89. The van der Waals surface area contributed by atoms with Gasteiger partial charge < -0.3 is 4.90 Å². The van der Waals surface area contributed by atoms with Crippen molar-refractivity contribution in [3.8, 4) is 0 Å². The number of carbonyl (C=O) groups is 1. The van der Waals surface area contributed by atoms with Crippen LogP contribution in [0.15, 0.2) is 54.6 Å². The van der Waals surface area contributed by atoms with Crippen LogP contribution in [-0.4, -0.2) is 48.4 Å². The molecule has 0 saturated carbocycles. The number of rotatable bonds is 6. The summed E-state index contributed by atoms with van der Waals surface area (Å²) in [5.41, 5.74) is 5.11. The van der Waals surface area contributed by atoms with Crippen LogP contribution in [-0.2, 0) is 11.2 Å². The molecule has 1 fully saturated rings. The van der Waals surface area contributed by atoms with Crippen LogP contribution in [0.4, 0.5) is 0 Å². The van der Waals surface area contributed by atoms with Crippen LogP contribution in [0.1, 0.15) is 28.7 Å². The van der Waals surface area contributed by atoms with Crippen molar-refractivity contribution in [2.45, 2.75) is 26.7 Å². The molecule has 0 N–H and O–H groups in total. The molecule has 0 spiro atoms. The molecule has 3 rings (SSSR count). The minimum Gasteiger partial charge on any atom is -0.340 e. The van der Waals surface area contributed by atoms with E-state index in [4.69, 9.17) is 0 Å². The Morgan fingerprint density at radius 3 is 2.41 bits per heavy atom. The van der Waals surface area contributed by atoms with Gasteiger partial charge in [-0.3, -0.25) is 9.69 Å². The third kappa shape index (κ3) is 5.80. The Labute approximate surface area is 163 Å². The zero-order chi connectivity index (χ0) is 19.1. The third-order valence-electron chi connectivity index (χ3n) is 5.40. The average Bonchev–Trinajstić information content (AvgIpc) is 2.70. The molecule has 0 unspecified atom stereocenters. The van der Waals surface area contributed by atoms with Crippen molar-refractivity contribution in [2.75, 3.05) is 32.7 Å². The van der Waals surface area contributed by atoms with Gasteiger partial charge in [0, 0.05) is 39.1 Å². The van der Waals surface area contributed by atoms with Crippen LogP contribution < -0.4 is 0 Å². The molecule has 27 heavy (non-hydrogen) atoms. The molecule has 1 amide bonds. The van der Waals surface area contributed by atoms with Crippen molar-refractivity contribution in [1.82, 2.24) is 9.80 Å². The first-order chi connectivity index (χ1) is 13.1. The van der Waals surface area contributed by atoms with Crippen molar-refractivity contribution in [3.05, 3.63) is 76.9 Å². The van der Waals surface area contributed by atoms with E-state index in [1.54, 1.807) is 0 Å². The number of aryl methyl sites for hydroxylation is 3. The van der Waals surface area contributed by atoms with Gasteiger partial charge >= 0.3 is 0 Å². The van der Waals surface area contributed by atoms with Crippen LogP contribution in [0.3, 0.4) is 0 Å². The highest BCUT2D eigenvalue weighted by atomic mass is 16.2. The highest BCUT2D eigenvalue weighted by molar-refractivity contribution is 5.76. The molecule has 1 aliphatic rings. The fourth-order valence-electron chi connectivity index (χ4n) is 3.45. The fraction of sp³-hybridized carbons (Fsp3) is 0.375. The molecule has 0 bridgehead atoms. The average molecular weight is 363 g/mol. The Balaban J connectivity index is 1.39. The van der Waals surface area contributed by atoms with E-state index in [-0.39, 0.29) is 5.91 Å². The number of nitrogens with zero attached hydrogens (tertiary/aromatic N) is 2. The topological polar surface area (TPSA) is 23.6 Å². The molecule has 1 saturated heterocycles. The van der Waals surface area contributed by atoms with E-state index in [1.165, 1.54) is 22.3 Å². The largest absolute Gasteiger partial charge is 0.340 e. The lowest BCUT2D eigenvalue weighted by Gasteiger charge is -2.34. The Hall–Kier alpha value is -2.39. The van der Waals surface area contributed by atoms with Gasteiger partial charge in [-0.15, -0.1) is 0 Å². The molecule has 3 heteroatoms. The molecule has 142 valence electrons. The number of hydrogen-bond acceptors (Lipinski definition) is 2. The van der Waals surface area contributed by atoms with Gasteiger partial charge in [0.1, 0.15) is 0 Å². The lowest BCUT2D eigenvalue weighted by atomic mass is 10.0. The molecule has 0 atom stereocenters. The molecule has 0 aromatic heterocycles. The minimum absolute atomic E-state index is 0.285. The van der Waals surface area contributed by atoms with E-state index in [9.17, 15) is 4.79 Å². The molecule has 3 nitrogen and oxygen atoms in total. The summed E-state index contributed by atoms with van der Waals surface area (Å²) < 4.78 is 0. The van der Waals surface area contributed by atoms with Crippen molar-refractivity contribution in [1.29, 1.82) is 0 Å². The van der Waals surface area contributed by atoms with Crippen LogP contribution in [0.2, 0.25) is 0 Å². The van der Waals surface area contributed by atoms with Crippen molar-refractivity contribution < 1.29 is 4.79 Å². The van der Waals surface area contributed by atoms with Crippen molar-refractivity contribution in [2.24, 2.45) is 0 Å². The Morgan fingerprint density at radius 1 is 0.963 bits per heavy atom. The van der Waals surface area contributed by atoms with Gasteiger partial charge in [0.05, 0.1) is 0 Å². The Kier molecular flexibility index (Phi) is 6.83. The second kappa shape index (κ2) is 9.52. The zero-order valence-electron chi connectivity index (χ0n) is 16.5. The number of carbonyl (C=O) groups excluding carboxylic acids is 1. The summed E-state index contributed by atoms with van der Waals surface area (Å²) in [4.78, 5) is 17.0. The fourth-order valence-corrected chi connectivity index (χ4v) is 3.45. The lowest BCUT2D eigenvalue weighted by Crippen LogP contribution is -2.48. The molecular weight excluding hydrogens is 332 g/mol. The van der Waals surface area contributed by atoms with Crippen LogP contribution in [0.5, 0.6) is 0 Å². The quantitative estimate of drug-likeness (QED) is 0.773. The first kappa shape index (κ1) is 19.4. The second-order valence-electron chi connectivity index (χ2n) is 7.41. The number of amides is 1. The minimum atomic E-state index is 0.285. The van der Waals surface area contributed by atoms with Gasteiger partial charge in [0.2, 0.25) is 5.91 Å². The summed E-state index contributed by atoms with van der Waals surface area (Å²) in [6.07, 6.45) is 5.82. The van der Waals surface area contributed by atoms with E-state index >= 15 is 0 Å². The molecule has 1 heterocycles. The number of hydrogen-bond donors (Lipinski definition) is 0. The maximum atomic E-state index is 12.5. The van der Waals surface area contributed by atoms with Gasteiger partial charge in [-0.1, -0.05) is 60.7 Å². The summed E-state index contributed by atoms with van der Waals surface area (Å²) >= 11 is 0. The molecule has 1 aliphatic heterocycles. The third-order valence-corrected chi connectivity index (χ3v) is 5.40. The number of piperazine rings is 1. The van der Waals surface area contributed by atoms with Gasteiger partial charge in [0.15, 0.2) is 0 Å². The van der Waals surface area contributed by atoms with Gasteiger partial charge in [0.25, 0.3) is 0 Å². The van der Waals surface area contributed by atoms with Crippen LogP contribution in [0, 0.1) is 13.8 Å². The van der Waals surface area contributed by atoms with Gasteiger partial charge in [-0.25, -0.2) is 0 Å². The second-order valence-corrected chi connectivity index (χ2v) is 7.41. The lowest BCUT2D eigenvalue weighted by molar-refractivity contribution is -0.132. The van der Waals surface area contributed by atoms with E-state index in [0.29, 0.717) is 6.42 Å². The predicted molar refractivity (Wildman–Crippen MR) is 113 cm³/mol. The standard InChI is InChI=1S/C24H30N2O/c1-20-10-11-23(19-21(20)2)12-13-24(27)26-17-15-25(16-18-26)14-6-9-22-7-4-3-5-8-22/h3-11,19H,12-18H2,1-2H3/b9-6+. The number of benzene rings is 2. The maximum absolute atomic E-state index is 12.5. The van der Waals surface area contributed by atoms with Gasteiger partial charge in [-0.05, 0) is 42.5 Å². The SMILES string of the molecule is Cc1ccc(CCC(=O)N2CCN(C/C=C/c3ccccc3)CC2)cc1C. The Morgan fingerprint density at radius 2 is 1.70 bits per heavy atom. The summed E-state index contributed by atoms with van der Waals surface area (Å²) in [5, 5.41) is 0. The maximum Gasteiger partial charge on any atom is 0.222 e. The highest BCUT2D eigenvalue weighted by Gasteiger charge is 2.20. The molecule has 2 aromatic rings. The monoisotopic (exact) mass is 362 g/mol. The summed E-state index contributed by atoms with van der Waals surface area (Å²) in [5.74, 6) is 0.285. The molecule has 2 aromatic carbocycles. The van der Waals surface area contributed by atoms with Crippen LogP contribution >= 0.6 is 0 Å². The molecular formula is C24H30N2O. The first-order valence-corrected chi connectivity index (χ1v) is 9.89.